The predicted molar refractivity (Wildman–Crippen MR) is 175 cm³/mol. The molecule has 0 aromatic heterocycles. The minimum absolute atomic E-state index is 0.0153. The number of carbonyl (C=O) groups excluding carboxylic acids is 5. The Morgan fingerprint density at radius 2 is 1.34 bits per heavy atom. The Kier molecular flexibility index (Phi) is 14.8. The van der Waals surface area contributed by atoms with Crippen LogP contribution in [0.1, 0.15) is 59.4 Å². The number of ketones is 1. The van der Waals surface area contributed by atoms with Gasteiger partial charge in [-0.1, -0.05) is 58.0 Å². The highest BCUT2D eigenvalue weighted by atomic mass is 16.6. The Labute approximate surface area is 277 Å². The Morgan fingerprint density at radius 1 is 0.809 bits per heavy atom. The molecule has 0 radical (unpaired) electrons. The number of hydrogen-bond donors (Lipinski definition) is 5. The number of epoxide rings is 1. The molecule has 0 spiro atoms. The molecular weight excluding hydrogens is 606 g/mol. The highest BCUT2D eigenvalue weighted by Crippen LogP contribution is 2.29. The average Bonchev–Trinajstić information content (AvgIpc) is 3.79. The number of nitrogens with zero attached hydrogens (tertiary/aromatic N) is 1. The Balaban J connectivity index is 1.69. The van der Waals surface area contributed by atoms with Crippen LogP contribution in [0.15, 0.2) is 30.3 Å². The summed E-state index contributed by atoms with van der Waals surface area (Å²) in [4.78, 5) is 68.4. The quantitative estimate of drug-likeness (QED) is 0.131. The molecule has 13 nitrogen and oxygen atoms in total. The van der Waals surface area contributed by atoms with Crippen molar-refractivity contribution < 1.29 is 38.6 Å². The molecule has 5 atom stereocenters. The van der Waals surface area contributed by atoms with Gasteiger partial charge in [0.15, 0.2) is 5.78 Å². The van der Waals surface area contributed by atoms with Gasteiger partial charge < -0.3 is 35.8 Å². The Hall–Kier alpha value is -3.39. The molecule has 1 aromatic rings. The van der Waals surface area contributed by atoms with E-state index in [0.29, 0.717) is 45.6 Å². The molecule has 0 unspecified atom stereocenters. The summed E-state index contributed by atoms with van der Waals surface area (Å²) in [7, 11) is 0. The van der Waals surface area contributed by atoms with Gasteiger partial charge in [0.1, 0.15) is 23.7 Å². The minimum Gasteiger partial charge on any atom is -0.394 e. The largest absolute Gasteiger partial charge is 0.394 e. The predicted octanol–water partition coefficient (Wildman–Crippen LogP) is 0.333. The number of aliphatic hydroxyl groups is 1. The van der Waals surface area contributed by atoms with E-state index >= 15 is 0 Å². The summed E-state index contributed by atoms with van der Waals surface area (Å²) < 4.78 is 10.6. The molecule has 0 aliphatic carbocycles. The van der Waals surface area contributed by atoms with Crippen molar-refractivity contribution in [2.75, 3.05) is 46.1 Å². The van der Waals surface area contributed by atoms with E-state index in [9.17, 15) is 29.1 Å². The van der Waals surface area contributed by atoms with Crippen LogP contribution in [0, 0.1) is 11.8 Å². The first kappa shape index (κ1) is 38.1. The number of nitrogens with one attached hydrogen (secondary N) is 4. The van der Waals surface area contributed by atoms with Gasteiger partial charge in [-0.15, -0.1) is 0 Å². The molecule has 4 amide bonds. The lowest BCUT2D eigenvalue weighted by Crippen LogP contribution is -2.59. The fraction of sp³-hybridized carbons (Fsp3) is 0.676. The summed E-state index contributed by atoms with van der Waals surface area (Å²) in [5.74, 6) is -2.39. The molecule has 2 fully saturated rings. The number of aryl methyl sites for hydroxylation is 1. The van der Waals surface area contributed by atoms with Crippen molar-refractivity contribution >= 4 is 29.4 Å². The molecule has 5 N–H and O–H groups in total. The number of aliphatic hydroxyl groups excluding tert-OH is 1. The van der Waals surface area contributed by atoms with Crippen molar-refractivity contribution in [1.29, 1.82) is 0 Å². The third-order valence-corrected chi connectivity index (χ3v) is 8.28. The van der Waals surface area contributed by atoms with Gasteiger partial charge in [0.25, 0.3) is 0 Å². The van der Waals surface area contributed by atoms with Gasteiger partial charge in [-0.3, -0.25) is 28.9 Å². The van der Waals surface area contributed by atoms with Crippen LogP contribution < -0.4 is 21.3 Å². The topological polar surface area (TPSA) is 179 Å². The first-order chi connectivity index (χ1) is 22.3. The zero-order chi connectivity index (χ0) is 34.6. The maximum atomic E-state index is 13.7. The fourth-order valence-electron chi connectivity index (χ4n) is 5.46. The van der Waals surface area contributed by atoms with E-state index in [4.69, 9.17) is 9.47 Å². The van der Waals surface area contributed by atoms with Crippen molar-refractivity contribution in [2.45, 2.75) is 90.1 Å². The van der Waals surface area contributed by atoms with Crippen LogP contribution in [0.4, 0.5) is 0 Å². The van der Waals surface area contributed by atoms with E-state index in [1.165, 1.54) is 0 Å². The number of rotatable bonds is 19. The van der Waals surface area contributed by atoms with Gasteiger partial charge in [-0.25, -0.2) is 0 Å². The first-order valence-electron chi connectivity index (χ1n) is 16.6. The highest BCUT2D eigenvalue weighted by Gasteiger charge is 2.50. The normalized spacial score (nSPS) is 20.5. The van der Waals surface area contributed by atoms with Crippen molar-refractivity contribution in [1.82, 2.24) is 26.2 Å². The number of amides is 4. The lowest BCUT2D eigenvalue weighted by molar-refractivity contribution is -0.136. The van der Waals surface area contributed by atoms with Gasteiger partial charge in [-0.05, 0) is 50.0 Å². The van der Waals surface area contributed by atoms with E-state index in [1.54, 1.807) is 6.92 Å². The van der Waals surface area contributed by atoms with Gasteiger partial charge in [0.2, 0.25) is 23.6 Å². The lowest BCUT2D eigenvalue weighted by atomic mass is 9.93. The number of Topliss-reactive ketones (excluding diaryl/α,β-unsaturated/α-hetero) is 1. The van der Waals surface area contributed by atoms with Gasteiger partial charge in [0.05, 0.1) is 39.0 Å². The zero-order valence-corrected chi connectivity index (χ0v) is 28.4. The standard InChI is InChI=1S/C34H53N5O8/c1-22(2)17-26(30(42)34(5)21-47-34)36-33(45)28(20-40)38-32(44)27(18-23(3)4)37-31(43)25(12-11-24-9-7-6-8-10-24)35-29(41)19-39-13-15-46-16-14-39/h6-10,22-23,25-28,40H,11-21H2,1-5H3,(H,35,41)(H,36,45)(H,37,43)(H,38,44)/t25-,26-,27-,28-,34+/m0/s1. The Bertz CT molecular complexity index is 1200. The monoisotopic (exact) mass is 659 g/mol. The lowest BCUT2D eigenvalue weighted by Gasteiger charge is -2.28. The number of hydrogen-bond acceptors (Lipinski definition) is 9. The molecule has 0 saturated carbocycles. The third-order valence-electron chi connectivity index (χ3n) is 8.28. The van der Waals surface area contributed by atoms with Crippen LogP contribution in [-0.4, -0.2) is 115 Å². The van der Waals surface area contributed by atoms with E-state index in [2.05, 4.69) is 21.3 Å². The summed E-state index contributed by atoms with van der Waals surface area (Å²) in [6.07, 6.45) is 1.43. The summed E-state index contributed by atoms with van der Waals surface area (Å²) >= 11 is 0. The summed E-state index contributed by atoms with van der Waals surface area (Å²) in [5.41, 5.74) is 0.0454. The number of morpholine rings is 1. The van der Waals surface area contributed by atoms with Crippen LogP contribution in [-0.2, 0) is 39.9 Å². The van der Waals surface area contributed by atoms with Gasteiger partial charge in [0, 0.05) is 13.1 Å². The maximum Gasteiger partial charge on any atom is 0.245 e. The molecule has 2 aliphatic heterocycles. The molecular formula is C34H53N5O8. The van der Waals surface area contributed by atoms with Crippen molar-refractivity contribution in [3.63, 3.8) is 0 Å². The SMILES string of the molecule is CC(C)C[C@H](NC(=O)[C@H](CCc1ccccc1)NC(=O)CN1CCOCC1)C(=O)N[C@@H](CO)C(=O)N[C@@H](CC(C)C)C(=O)[C@@]1(C)CO1. The summed E-state index contributed by atoms with van der Waals surface area (Å²) in [6.45, 7) is 11.3. The van der Waals surface area contributed by atoms with E-state index in [-0.39, 0.29) is 43.1 Å². The first-order valence-corrected chi connectivity index (χ1v) is 16.6. The molecule has 47 heavy (non-hydrogen) atoms. The second-order valence-electron chi connectivity index (χ2n) is 13.5. The minimum atomic E-state index is -1.36. The second kappa shape index (κ2) is 18.2. The zero-order valence-electron chi connectivity index (χ0n) is 28.4. The van der Waals surface area contributed by atoms with Gasteiger partial charge >= 0.3 is 0 Å². The summed E-state index contributed by atoms with van der Waals surface area (Å²) in [6, 6.07) is 5.41. The van der Waals surface area contributed by atoms with Crippen molar-refractivity contribution in [3.05, 3.63) is 35.9 Å². The average molecular weight is 660 g/mol. The van der Waals surface area contributed by atoms with Crippen molar-refractivity contribution in [2.24, 2.45) is 11.8 Å². The molecule has 13 heteroatoms. The van der Waals surface area contributed by atoms with E-state index < -0.39 is 54.1 Å². The molecule has 262 valence electrons. The van der Waals surface area contributed by atoms with E-state index in [0.717, 1.165) is 5.56 Å². The maximum absolute atomic E-state index is 13.7. The number of carbonyl (C=O) groups is 5. The van der Waals surface area contributed by atoms with Crippen LogP contribution in [0.2, 0.25) is 0 Å². The molecule has 3 rings (SSSR count). The number of benzene rings is 1. The van der Waals surface area contributed by atoms with Crippen LogP contribution in [0.5, 0.6) is 0 Å². The van der Waals surface area contributed by atoms with Crippen LogP contribution in [0.25, 0.3) is 0 Å². The van der Waals surface area contributed by atoms with Crippen LogP contribution in [0.3, 0.4) is 0 Å². The molecule has 1 aromatic carbocycles. The molecule has 0 bridgehead atoms. The smallest absolute Gasteiger partial charge is 0.245 e. The third kappa shape index (κ3) is 12.6. The second-order valence-corrected chi connectivity index (χ2v) is 13.5. The highest BCUT2D eigenvalue weighted by molar-refractivity contribution is 5.98. The Morgan fingerprint density at radius 3 is 1.91 bits per heavy atom. The van der Waals surface area contributed by atoms with Crippen LogP contribution >= 0.6 is 0 Å². The molecule has 2 aliphatic rings. The van der Waals surface area contributed by atoms with Gasteiger partial charge in [-0.2, -0.15) is 0 Å². The summed E-state index contributed by atoms with van der Waals surface area (Å²) in [5, 5.41) is 21.0. The molecule has 2 saturated heterocycles. The van der Waals surface area contributed by atoms with E-state index in [1.807, 2.05) is 62.9 Å². The number of ether oxygens (including phenoxy) is 2. The fourth-order valence-corrected chi connectivity index (χ4v) is 5.46. The molecule has 2 heterocycles. The van der Waals surface area contributed by atoms with Crippen molar-refractivity contribution in [3.8, 4) is 0 Å².